The van der Waals surface area contributed by atoms with Crippen molar-refractivity contribution in [3.05, 3.63) is 90.0 Å². The number of para-hydroxylation sites is 1. The van der Waals surface area contributed by atoms with E-state index in [0.717, 1.165) is 16.8 Å². The van der Waals surface area contributed by atoms with E-state index in [1.54, 1.807) is 17.0 Å². The fourth-order valence-electron chi connectivity index (χ4n) is 4.44. The number of nitrogens with zero attached hydrogens (tertiary/aromatic N) is 2. The first-order valence-corrected chi connectivity index (χ1v) is 13.7. The number of carbonyl (C=O) groups excluding carboxylic acids is 1. The third kappa shape index (κ3) is 6.25. The number of rotatable bonds is 9. The van der Waals surface area contributed by atoms with Gasteiger partial charge in [-0.3, -0.25) is 4.79 Å². The van der Waals surface area contributed by atoms with E-state index in [0.29, 0.717) is 38.5 Å². The van der Waals surface area contributed by atoms with Crippen LogP contribution in [-0.2, 0) is 21.2 Å². The van der Waals surface area contributed by atoms with Crippen LogP contribution in [0.2, 0.25) is 0 Å². The van der Waals surface area contributed by atoms with Crippen molar-refractivity contribution in [2.45, 2.75) is 31.2 Å². The average Bonchev–Trinajstić information content (AvgIpc) is 2.90. The number of amides is 1. The Hall–Kier alpha value is -3.36. The molecule has 190 valence electrons. The first kappa shape index (κ1) is 25.7. The van der Waals surface area contributed by atoms with E-state index in [9.17, 15) is 13.2 Å². The Morgan fingerprint density at radius 1 is 0.944 bits per heavy atom. The predicted molar refractivity (Wildman–Crippen MR) is 142 cm³/mol. The number of anilines is 1. The fraction of sp³-hybridized carbons (Fsp3) is 0.321. The molecule has 0 radical (unpaired) electrons. The molecule has 1 amide bonds. The average molecular weight is 508 g/mol. The molecule has 0 aliphatic carbocycles. The topological polar surface area (TPSA) is 78.9 Å². The van der Waals surface area contributed by atoms with E-state index in [1.165, 1.54) is 6.07 Å². The Bertz CT molecular complexity index is 1260. The minimum atomic E-state index is -3.93. The van der Waals surface area contributed by atoms with E-state index in [1.807, 2.05) is 62.4 Å². The van der Waals surface area contributed by atoms with Crippen LogP contribution < -0.4 is 14.4 Å². The molecule has 1 N–H and O–H groups in total. The molecule has 0 bridgehead atoms. The molecule has 4 rings (SSSR count). The molecule has 0 spiro atoms. The summed E-state index contributed by atoms with van der Waals surface area (Å²) in [7, 11) is -3.93. The number of piperazine rings is 1. The van der Waals surface area contributed by atoms with Crippen LogP contribution in [0.5, 0.6) is 5.75 Å². The summed E-state index contributed by atoms with van der Waals surface area (Å²) in [5, 5.41) is 0. The lowest BCUT2D eigenvalue weighted by atomic mass is 10.1. The summed E-state index contributed by atoms with van der Waals surface area (Å²) < 4.78 is 34.9. The Labute approximate surface area is 213 Å². The van der Waals surface area contributed by atoms with Gasteiger partial charge in [-0.05, 0) is 61.7 Å². The maximum Gasteiger partial charge on any atom is 0.241 e. The molecular formula is C28H33N3O4S. The van der Waals surface area contributed by atoms with E-state index in [-0.39, 0.29) is 17.2 Å². The molecule has 0 unspecified atom stereocenters. The number of sulfonamides is 1. The normalized spacial score (nSPS) is 14.9. The van der Waals surface area contributed by atoms with E-state index >= 15 is 0 Å². The first-order chi connectivity index (χ1) is 17.4. The molecule has 1 aliphatic rings. The number of hydrogen-bond donors (Lipinski definition) is 1. The summed E-state index contributed by atoms with van der Waals surface area (Å²) in [6, 6.07) is 23.4. The van der Waals surface area contributed by atoms with Gasteiger partial charge < -0.3 is 14.5 Å². The van der Waals surface area contributed by atoms with Crippen molar-refractivity contribution in [1.29, 1.82) is 0 Å². The Kier molecular flexibility index (Phi) is 8.28. The molecule has 8 heteroatoms. The molecule has 3 aromatic carbocycles. The summed E-state index contributed by atoms with van der Waals surface area (Å²) in [4.78, 5) is 17.7. The largest absolute Gasteiger partial charge is 0.494 e. The van der Waals surface area contributed by atoms with Gasteiger partial charge in [0.2, 0.25) is 15.9 Å². The summed E-state index contributed by atoms with van der Waals surface area (Å²) in [5.74, 6) is 0.433. The zero-order chi connectivity index (χ0) is 25.5. The monoisotopic (exact) mass is 507 g/mol. The van der Waals surface area contributed by atoms with Crippen LogP contribution in [0.4, 0.5) is 5.69 Å². The van der Waals surface area contributed by atoms with Crippen LogP contribution >= 0.6 is 0 Å². The van der Waals surface area contributed by atoms with Crippen molar-refractivity contribution in [1.82, 2.24) is 9.62 Å². The fourth-order valence-corrected chi connectivity index (χ4v) is 5.71. The number of carbonyl (C=O) groups is 1. The van der Waals surface area contributed by atoms with Crippen LogP contribution in [0.25, 0.3) is 0 Å². The first-order valence-electron chi connectivity index (χ1n) is 12.3. The Balaban J connectivity index is 1.52. The van der Waals surface area contributed by atoms with Gasteiger partial charge in [0, 0.05) is 31.9 Å². The third-order valence-electron chi connectivity index (χ3n) is 6.35. The molecule has 0 saturated carbocycles. The summed E-state index contributed by atoms with van der Waals surface area (Å²) in [6.07, 6.45) is 0.272. The van der Waals surface area contributed by atoms with Gasteiger partial charge in [0.15, 0.2) is 0 Å². The number of ether oxygens (including phenoxy) is 1. The molecular weight excluding hydrogens is 474 g/mol. The molecule has 1 heterocycles. The van der Waals surface area contributed by atoms with Gasteiger partial charge in [-0.15, -0.1) is 0 Å². The highest BCUT2D eigenvalue weighted by atomic mass is 32.2. The smallest absolute Gasteiger partial charge is 0.241 e. The van der Waals surface area contributed by atoms with Crippen molar-refractivity contribution >= 4 is 21.6 Å². The number of aryl methyl sites for hydroxylation is 1. The summed E-state index contributed by atoms with van der Waals surface area (Å²) in [5.41, 5.74) is 2.74. The van der Waals surface area contributed by atoms with Crippen molar-refractivity contribution in [3.63, 3.8) is 0 Å². The van der Waals surface area contributed by atoms with Gasteiger partial charge in [0.1, 0.15) is 11.8 Å². The summed E-state index contributed by atoms with van der Waals surface area (Å²) >= 11 is 0. The molecule has 1 aliphatic heterocycles. The lowest BCUT2D eigenvalue weighted by molar-refractivity contribution is -0.133. The highest BCUT2D eigenvalue weighted by molar-refractivity contribution is 7.89. The minimum absolute atomic E-state index is 0.114. The summed E-state index contributed by atoms with van der Waals surface area (Å²) in [6.45, 7) is 6.63. The zero-order valence-electron chi connectivity index (χ0n) is 20.8. The lowest BCUT2D eigenvalue weighted by Crippen LogP contribution is -2.55. The third-order valence-corrected chi connectivity index (χ3v) is 7.82. The minimum Gasteiger partial charge on any atom is -0.494 e. The van der Waals surface area contributed by atoms with E-state index < -0.39 is 16.1 Å². The van der Waals surface area contributed by atoms with Gasteiger partial charge in [-0.2, -0.15) is 4.72 Å². The SMILES string of the molecule is CCOc1ccc(S(=O)(=O)N[C@H](Cc2ccccc2)C(=O)N2CCN(c3ccccc3)CC2)cc1C. The predicted octanol–water partition coefficient (Wildman–Crippen LogP) is 3.63. The van der Waals surface area contributed by atoms with Crippen molar-refractivity contribution < 1.29 is 17.9 Å². The molecule has 1 atom stereocenters. The standard InChI is InChI=1S/C28H33N3O4S/c1-3-35-27-15-14-25(20-22(27)2)36(33,34)29-26(21-23-10-6-4-7-11-23)28(32)31-18-16-30(17-19-31)24-12-8-5-9-13-24/h4-15,20,26,29H,3,16-19,21H2,1-2H3/t26-/m1/s1. The number of benzene rings is 3. The second-order valence-corrected chi connectivity index (χ2v) is 10.6. The highest BCUT2D eigenvalue weighted by Gasteiger charge is 2.31. The van der Waals surface area contributed by atoms with Gasteiger partial charge >= 0.3 is 0 Å². The molecule has 1 fully saturated rings. The maximum atomic E-state index is 13.6. The molecule has 1 saturated heterocycles. The Morgan fingerprint density at radius 3 is 2.19 bits per heavy atom. The van der Waals surface area contributed by atoms with Crippen LogP contribution in [0.1, 0.15) is 18.1 Å². The lowest BCUT2D eigenvalue weighted by Gasteiger charge is -2.37. The van der Waals surface area contributed by atoms with Crippen LogP contribution in [0, 0.1) is 6.92 Å². The maximum absolute atomic E-state index is 13.6. The van der Waals surface area contributed by atoms with Crippen LogP contribution in [0.15, 0.2) is 83.8 Å². The highest BCUT2D eigenvalue weighted by Crippen LogP contribution is 2.23. The van der Waals surface area contributed by atoms with Gasteiger partial charge in [-0.25, -0.2) is 8.42 Å². The van der Waals surface area contributed by atoms with Crippen molar-refractivity contribution in [3.8, 4) is 5.75 Å². The second-order valence-electron chi connectivity index (χ2n) is 8.87. The van der Waals surface area contributed by atoms with E-state index in [4.69, 9.17) is 4.74 Å². The quantitative estimate of drug-likeness (QED) is 0.479. The Morgan fingerprint density at radius 2 is 1.58 bits per heavy atom. The van der Waals surface area contributed by atoms with E-state index in [2.05, 4.69) is 21.8 Å². The molecule has 0 aromatic heterocycles. The molecule has 7 nitrogen and oxygen atoms in total. The van der Waals surface area contributed by atoms with Crippen molar-refractivity contribution in [2.75, 3.05) is 37.7 Å². The van der Waals surface area contributed by atoms with Gasteiger partial charge in [0.25, 0.3) is 0 Å². The van der Waals surface area contributed by atoms with Crippen LogP contribution in [-0.4, -0.2) is 58.1 Å². The number of nitrogens with one attached hydrogen (secondary N) is 1. The second kappa shape index (κ2) is 11.6. The molecule has 3 aromatic rings. The number of hydrogen-bond acceptors (Lipinski definition) is 5. The van der Waals surface area contributed by atoms with Gasteiger partial charge in [0.05, 0.1) is 11.5 Å². The molecule has 36 heavy (non-hydrogen) atoms. The zero-order valence-corrected chi connectivity index (χ0v) is 21.6. The van der Waals surface area contributed by atoms with Crippen LogP contribution in [0.3, 0.4) is 0 Å². The van der Waals surface area contributed by atoms with Crippen molar-refractivity contribution in [2.24, 2.45) is 0 Å². The van der Waals surface area contributed by atoms with Gasteiger partial charge in [-0.1, -0.05) is 48.5 Å².